The molecule has 1 atom stereocenters. The lowest BCUT2D eigenvalue weighted by Gasteiger charge is -2.40. The molecule has 1 heterocycles. The number of ether oxygens (including phenoxy) is 3. The number of hydrogen-bond donors (Lipinski definition) is 2. The maximum atomic E-state index is 12.7. The van der Waals surface area contributed by atoms with Crippen LogP contribution in [-0.2, 0) is 23.8 Å². The molecule has 9 heteroatoms. The molecule has 33 heavy (non-hydrogen) atoms. The highest BCUT2D eigenvalue weighted by molar-refractivity contribution is 5.86. The lowest BCUT2D eigenvalue weighted by Crippen LogP contribution is -2.61. The van der Waals surface area contributed by atoms with Crippen LogP contribution in [0.15, 0.2) is 48.5 Å². The van der Waals surface area contributed by atoms with Crippen molar-refractivity contribution in [3.63, 3.8) is 0 Å². The molecule has 2 aliphatic rings. The van der Waals surface area contributed by atoms with Crippen LogP contribution in [0.2, 0.25) is 0 Å². The summed E-state index contributed by atoms with van der Waals surface area (Å²) in [4.78, 5) is 37.3. The van der Waals surface area contributed by atoms with E-state index in [4.69, 9.17) is 19.3 Å². The van der Waals surface area contributed by atoms with Gasteiger partial charge in [-0.1, -0.05) is 48.5 Å². The van der Waals surface area contributed by atoms with E-state index in [-0.39, 0.29) is 44.2 Å². The molecule has 1 fully saturated rings. The van der Waals surface area contributed by atoms with Crippen molar-refractivity contribution >= 4 is 18.0 Å². The molecule has 0 bridgehead atoms. The molecule has 9 nitrogen and oxygen atoms in total. The molecule has 1 aliphatic heterocycles. The normalized spacial score (nSPS) is 15.8. The predicted octanol–water partition coefficient (Wildman–Crippen LogP) is 1.85. The Morgan fingerprint density at radius 3 is 2.24 bits per heavy atom. The predicted molar refractivity (Wildman–Crippen MR) is 118 cm³/mol. The Labute approximate surface area is 191 Å². The summed E-state index contributed by atoms with van der Waals surface area (Å²) >= 11 is 0. The van der Waals surface area contributed by atoms with E-state index in [1.54, 1.807) is 0 Å². The van der Waals surface area contributed by atoms with Gasteiger partial charge >= 0.3 is 12.1 Å². The summed E-state index contributed by atoms with van der Waals surface area (Å²) in [5.41, 5.74) is 4.46. The zero-order valence-electron chi connectivity index (χ0n) is 18.2. The van der Waals surface area contributed by atoms with Crippen molar-refractivity contribution in [2.75, 3.05) is 40.0 Å². The van der Waals surface area contributed by atoms with Crippen molar-refractivity contribution in [1.29, 1.82) is 0 Å². The number of alkyl carbamates (subject to hydrolysis) is 1. The van der Waals surface area contributed by atoms with Gasteiger partial charge in [0.25, 0.3) is 0 Å². The molecule has 174 valence electrons. The van der Waals surface area contributed by atoms with Crippen LogP contribution in [-0.4, -0.2) is 80.1 Å². The largest absolute Gasteiger partial charge is 0.480 e. The van der Waals surface area contributed by atoms with Crippen LogP contribution >= 0.6 is 0 Å². The molecule has 1 saturated heterocycles. The topological polar surface area (TPSA) is 114 Å². The number of carbonyl (C=O) groups excluding carboxylic acids is 2. The molecule has 2 amide bonds. The average Bonchev–Trinajstić information content (AvgIpc) is 3.10. The molecule has 0 spiro atoms. The number of likely N-dealkylation sites (tertiary alicyclic amines) is 1. The zero-order valence-corrected chi connectivity index (χ0v) is 18.2. The summed E-state index contributed by atoms with van der Waals surface area (Å²) in [7, 11) is 1.44. The zero-order chi connectivity index (χ0) is 23.4. The highest BCUT2D eigenvalue weighted by Crippen LogP contribution is 2.44. The van der Waals surface area contributed by atoms with Crippen LogP contribution in [0.3, 0.4) is 0 Å². The number of methoxy groups -OCH3 is 1. The minimum atomic E-state index is -1.06. The Balaban J connectivity index is 1.33. The van der Waals surface area contributed by atoms with Crippen LogP contribution in [0.1, 0.15) is 17.0 Å². The fraction of sp³-hybridized carbons (Fsp3) is 0.375. The molecule has 0 saturated carbocycles. The van der Waals surface area contributed by atoms with E-state index in [0.717, 1.165) is 22.3 Å². The number of nitrogens with zero attached hydrogens (tertiary/aromatic N) is 1. The van der Waals surface area contributed by atoms with Crippen molar-refractivity contribution in [3.8, 4) is 11.1 Å². The van der Waals surface area contributed by atoms with Gasteiger partial charge in [0.15, 0.2) is 0 Å². The lowest BCUT2D eigenvalue weighted by atomic mass is 9.98. The molecule has 4 rings (SSSR count). The van der Waals surface area contributed by atoms with E-state index < -0.39 is 24.7 Å². The number of benzene rings is 2. The van der Waals surface area contributed by atoms with Gasteiger partial charge < -0.3 is 29.5 Å². The van der Waals surface area contributed by atoms with Crippen molar-refractivity contribution in [3.05, 3.63) is 59.7 Å². The molecule has 0 radical (unpaired) electrons. The molecule has 2 aromatic carbocycles. The Hall–Kier alpha value is -3.43. The van der Waals surface area contributed by atoms with Gasteiger partial charge in [-0.2, -0.15) is 0 Å². The van der Waals surface area contributed by atoms with Crippen LogP contribution < -0.4 is 5.32 Å². The van der Waals surface area contributed by atoms with Crippen LogP contribution in [0, 0.1) is 0 Å². The highest BCUT2D eigenvalue weighted by atomic mass is 16.5. The number of hydrogen-bond acceptors (Lipinski definition) is 6. The van der Waals surface area contributed by atoms with Crippen LogP contribution in [0.4, 0.5) is 4.79 Å². The number of nitrogens with one attached hydrogen (secondary N) is 1. The maximum Gasteiger partial charge on any atom is 0.407 e. The monoisotopic (exact) mass is 454 g/mol. The van der Waals surface area contributed by atoms with Gasteiger partial charge in [0.2, 0.25) is 5.91 Å². The fourth-order valence-corrected chi connectivity index (χ4v) is 4.26. The summed E-state index contributed by atoms with van der Waals surface area (Å²) < 4.78 is 15.8. The molecule has 1 unspecified atom stereocenters. The number of amides is 2. The summed E-state index contributed by atoms with van der Waals surface area (Å²) in [6.07, 6.45) is -1.03. The van der Waals surface area contributed by atoms with Crippen molar-refractivity contribution < 1.29 is 33.7 Å². The van der Waals surface area contributed by atoms with Gasteiger partial charge in [0, 0.05) is 26.1 Å². The van der Waals surface area contributed by atoms with Gasteiger partial charge in [0.1, 0.15) is 19.3 Å². The third kappa shape index (κ3) is 4.99. The first kappa shape index (κ1) is 22.8. The molecule has 1 aliphatic carbocycles. The van der Waals surface area contributed by atoms with Crippen LogP contribution in [0.5, 0.6) is 0 Å². The molecular weight excluding hydrogens is 428 g/mol. The molecule has 0 aromatic heterocycles. The highest BCUT2D eigenvalue weighted by Gasteiger charge is 2.36. The smallest absolute Gasteiger partial charge is 0.407 e. The van der Waals surface area contributed by atoms with E-state index in [2.05, 4.69) is 17.4 Å². The Morgan fingerprint density at radius 1 is 1.06 bits per heavy atom. The number of carboxylic acids is 1. The first-order valence-electron chi connectivity index (χ1n) is 10.7. The van der Waals surface area contributed by atoms with Gasteiger partial charge in [-0.05, 0) is 22.3 Å². The first-order valence-corrected chi connectivity index (χ1v) is 10.7. The summed E-state index contributed by atoms with van der Waals surface area (Å²) in [6.45, 7) is 0.242. The minimum Gasteiger partial charge on any atom is -0.480 e. The quantitative estimate of drug-likeness (QED) is 0.594. The number of aliphatic carboxylic acids is 1. The molecule has 2 N–H and O–H groups in total. The van der Waals surface area contributed by atoms with Crippen molar-refractivity contribution in [2.24, 2.45) is 0 Å². The van der Waals surface area contributed by atoms with Gasteiger partial charge in [-0.15, -0.1) is 0 Å². The van der Waals surface area contributed by atoms with E-state index in [1.165, 1.54) is 12.0 Å². The first-order chi connectivity index (χ1) is 16.0. The summed E-state index contributed by atoms with van der Waals surface area (Å²) in [6, 6.07) is 15.2. The lowest BCUT2D eigenvalue weighted by molar-refractivity contribution is -0.156. The van der Waals surface area contributed by atoms with Crippen molar-refractivity contribution in [2.45, 2.75) is 18.1 Å². The second-order valence-corrected chi connectivity index (χ2v) is 8.05. The maximum absolute atomic E-state index is 12.7. The number of rotatable bonds is 9. The Kier molecular flexibility index (Phi) is 6.90. The third-order valence-electron chi connectivity index (χ3n) is 5.87. The van der Waals surface area contributed by atoms with Gasteiger partial charge in [0.05, 0.1) is 12.7 Å². The van der Waals surface area contributed by atoms with Gasteiger partial charge in [-0.25, -0.2) is 9.59 Å². The summed E-state index contributed by atoms with van der Waals surface area (Å²) in [5, 5.41) is 11.3. The molecular formula is C24H26N2O7. The minimum absolute atomic E-state index is 0.0137. The second-order valence-electron chi connectivity index (χ2n) is 8.05. The molecule has 2 aromatic rings. The summed E-state index contributed by atoms with van der Waals surface area (Å²) in [5.74, 6) is -1.48. The fourth-order valence-electron chi connectivity index (χ4n) is 4.26. The number of fused-ring (bicyclic) bond motifs is 3. The van der Waals surface area contributed by atoms with E-state index in [9.17, 15) is 14.4 Å². The van der Waals surface area contributed by atoms with Crippen LogP contribution in [0.25, 0.3) is 11.1 Å². The number of carbonyl (C=O) groups is 3. The SMILES string of the molecule is COCC(NC(=O)OCC1c2ccccc2-c2ccccc21)C(=O)N1CC(OCC(=O)O)C1. The second kappa shape index (κ2) is 10.0. The van der Waals surface area contributed by atoms with Gasteiger partial charge in [-0.3, -0.25) is 4.79 Å². The Morgan fingerprint density at radius 2 is 1.67 bits per heavy atom. The average molecular weight is 454 g/mol. The van der Waals surface area contributed by atoms with E-state index in [1.807, 2.05) is 36.4 Å². The number of carboxylic acid groups (broad SMARTS) is 1. The van der Waals surface area contributed by atoms with E-state index in [0.29, 0.717) is 0 Å². The van der Waals surface area contributed by atoms with Crippen molar-refractivity contribution in [1.82, 2.24) is 10.2 Å². The third-order valence-corrected chi connectivity index (χ3v) is 5.87. The standard InChI is InChI=1S/C24H26N2O7/c1-31-13-21(23(29)26-10-15(11-26)32-14-22(27)28)25-24(30)33-12-20-18-8-4-2-6-16(18)17-7-3-5-9-19(17)20/h2-9,15,20-21H,10-14H2,1H3,(H,25,30)(H,27,28). The Bertz CT molecular complexity index is 989. The van der Waals surface area contributed by atoms with E-state index >= 15 is 0 Å².